The number of carbonyl (C=O) groups excluding carboxylic acids is 2. The van der Waals surface area contributed by atoms with Gasteiger partial charge in [-0.1, -0.05) is 22.0 Å². The normalized spacial score (nSPS) is 10.6. The van der Waals surface area contributed by atoms with Gasteiger partial charge in [0.25, 0.3) is 0 Å². The Bertz CT molecular complexity index is 886. The fourth-order valence-corrected chi connectivity index (χ4v) is 2.56. The van der Waals surface area contributed by atoms with E-state index in [0.717, 1.165) is 15.4 Å². The Balaban J connectivity index is 2.06. The number of hydrogen-bond acceptors (Lipinski definition) is 4. The first kappa shape index (κ1) is 14.5. The fourth-order valence-electron chi connectivity index (χ4n) is 2.20. The Morgan fingerprint density at radius 1 is 1.18 bits per heavy atom. The fraction of sp³-hybridized carbons (Fsp3) is 0.0625. The molecule has 3 rings (SSSR count). The average Bonchev–Trinajstić information content (AvgIpc) is 2.96. The standard InChI is InChI=1S/C16H11BrN2O3/c1-22-16(21)14-4-2-3-13(19-14)15(20)11-8-18-12-6-5-9(17)7-10(11)12/h2-8,18H,1H3. The van der Waals surface area contributed by atoms with Crippen LogP contribution in [0.15, 0.2) is 47.1 Å². The molecule has 0 saturated carbocycles. The number of H-pyrrole nitrogens is 1. The lowest BCUT2D eigenvalue weighted by atomic mass is 10.1. The van der Waals surface area contributed by atoms with E-state index in [1.807, 2.05) is 18.2 Å². The number of ether oxygens (including phenoxy) is 1. The van der Waals surface area contributed by atoms with Crippen LogP contribution >= 0.6 is 15.9 Å². The second kappa shape index (κ2) is 5.73. The van der Waals surface area contributed by atoms with E-state index < -0.39 is 5.97 Å². The highest BCUT2D eigenvalue weighted by atomic mass is 79.9. The molecule has 0 spiro atoms. The summed E-state index contributed by atoms with van der Waals surface area (Å²) in [6, 6.07) is 10.3. The number of fused-ring (bicyclic) bond motifs is 1. The number of esters is 1. The maximum atomic E-state index is 12.6. The highest BCUT2D eigenvalue weighted by Crippen LogP contribution is 2.24. The Labute approximate surface area is 134 Å². The minimum absolute atomic E-state index is 0.106. The molecule has 5 nitrogen and oxygen atoms in total. The Morgan fingerprint density at radius 3 is 2.73 bits per heavy atom. The molecule has 0 aliphatic carbocycles. The predicted octanol–water partition coefficient (Wildman–Crippen LogP) is 3.34. The quantitative estimate of drug-likeness (QED) is 0.575. The van der Waals surface area contributed by atoms with Crippen LogP contribution < -0.4 is 0 Å². The summed E-state index contributed by atoms with van der Waals surface area (Å²) in [6.45, 7) is 0. The molecule has 3 aromatic rings. The van der Waals surface area contributed by atoms with Crippen molar-refractivity contribution in [3.63, 3.8) is 0 Å². The van der Waals surface area contributed by atoms with Crippen molar-refractivity contribution in [2.24, 2.45) is 0 Å². The van der Waals surface area contributed by atoms with Gasteiger partial charge in [0, 0.05) is 27.1 Å². The van der Waals surface area contributed by atoms with Gasteiger partial charge in [-0.05, 0) is 30.3 Å². The smallest absolute Gasteiger partial charge is 0.356 e. The van der Waals surface area contributed by atoms with Crippen LogP contribution in [0, 0.1) is 0 Å². The predicted molar refractivity (Wildman–Crippen MR) is 85.0 cm³/mol. The molecule has 1 aromatic carbocycles. The summed E-state index contributed by atoms with van der Waals surface area (Å²) in [4.78, 5) is 31.3. The van der Waals surface area contributed by atoms with Crippen LogP contribution in [-0.4, -0.2) is 28.8 Å². The molecule has 0 aliphatic heterocycles. The molecule has 0 unspecified atom stereocenters. The molecule has 0 fully saturated rings. The van der Waals surface area contributed by atoms with E-state index >= 15 is 0 Å². The Kier molecular flexibility index (Phi) is 3.77. The van der Waals surface area contributed by atoms with Gasteiger partial charge in [-0.15, -0.1) is 0 Å². The first-order valence-electron chi connectivity index (χ1n) is 6.47. The van der Waals surface area contributed by atoms with Crippen molar-refractivity contribution in [2.75, 3.05) is 7.11 Å². The lowest BCUT2D eigenvalue weighted by molar-refractivity contribution is 0.0594. The van der Waals surface area contributed by atoms with Gasteiger partial charge < -0.3 is 9.72 Å². The van der Waals surface area contributed by atoms with Crippen molar-refractivity contribution < 1.29 is 14.3 Å². The number of nitrogens with one attached hydrogen (secondary N) is 1. The van der Waals surface area contributed by atoms with Gasteiger partial charge in [-0.2, -0.15) is 0 Å². The minimum atomic E-state index is -0.573. The van der Waals surface area contributed by atoms with Crippen molar-refractivity contribution >= 4 is 38.6 Å². The van der Waals surface area contributed by atoms with Gasteiger partial charge in [0.1, 0.15) is 11.4 Å². The van der Waals surface area contributed by atoms with E-state index in [2.05, 4.69) is 30.6 Å². The molecule has 6 heteroatoms. The van der Waals surface area contributed by atoms with Crippen molar-refractivity contribution in [3.8, 4) is 0 Å². The van der Waals surface area contributed by atoms with Crippen LogP contribution in [-0.2, 0) is 4.74 Å². The van der Waals surface area contributed by atoms with E-state index in [1.54, 1.807) is 18.3 Å². The average molecular weight is 359 g/mol. The number of halogens is 1. The van der Waals surface area contributed by atoms with Crippen LogP contribution in [0.3, 0.4) is 0 Å². The summed E-state index contributed by atoms with van der Waals surface area (Å²) < 4.78 is 5.50. The zero-order valence-electron chi connectivity index (χ0n) is 11.6. The summed E-state index contributed by atoms with van der Waals surface area (Å²) in [6.07, 6.45) is 1.64. The van der Waals surface area contributed by atoms with Crippen molar-refractivity contribution in [1.29, 1.82) is 0 Å². The maximum Gasteiger partial charge on any atom is 0.356 e. The van der Waals surface area contributed by atoms with Crippen molar-refractivity contribution in [2.45, 2.75) is 0 Å². The third kappa shape index (κ3) is 2.53. The van der Waals surface area contributed by atoms with Gasteiger partial charge in [0.2, 0.25) is 5.78 Å². The largest absolute Gasteiger partial charge is 0.464 e. The van der Waals surface area contributed by atoms with Gasteiger partial charge >= 0.3 is 5.97 Å². The van der Waals surface area contributed by atoms with E-state index in [9.17, 15) is 9.59 Å². The van der Waals surface area contributed by atoms with Crippen LogP contribution in [0.25, 0.3) is 10.9 Å². The number of benzene rings is 1. The van der Waals surface area contributed by atoms with E-state index in [0.29, 0.717) is 5.56 Å². The SMILES string of the molecule is COC(=O)c1cccc(C(=O)c2c[nH]c3ccc(Br)cc23)n1. The molecular weight excluding hydrogens is 348 g/mol. The second-order valence-corrected chi connectivity index (χ2v) is 5.54. The highest BCUT2D eigenvalue weighted by molar-refractivity contribution is 9.10. The lowest BCUT2D eigenvalue weighted by Crippen LogP contribution is -2.09. The number of carbonyl (C=O) groups is 2. The number of ketones is 1. The molecular formula is C16H11BrN2O3. The summed E-state index contributed by atoms with van der Waals surface area (Å²) in [5, 5.41) is 0.796. The molecule has 22 heavy (non-hydrogen) atoms. The third-order valence-electron chi connectivity index (χ3n) is 3.26. The molecule has 2 heterocycles. The summed E-state index contributed by atoms with van der Waals surface area (Å²) in [7, 11) is 1.27. The number of methoxy groups -OCH3 is 1. The molecule has 0 saturated heterocycles. The van der Waals surface area contributed by atoms with Gasteiger partial charge in [0.15, 0.2) is 0 Å². The summed E-state index contributed by atoms with van der Waals surface area (Å²) in [5.41, 5.74) is 1.67. The van der Waals surface area contributed by atoms with Gasteiger partial charge in [-0.3, -0.25) is 4.79 Å². The first-order chi connectivity index (χ1) is 10.6. The van der Waals surface area contributed by atoms with E-state index in [4.69, 9.17) is 0 Å². The number of rotatable bonds is 3. The number of nitrogens with zero attached hydrogens (tertiary/aromatic N) is 1. The van der Waals surface area contributed by atoms with Crippen LogP contribution in [0.5, 0.6) is 0 Å². The number of hydrogen-bond donors (Lipinski definition) is 1. The number of aromatic amines is 1. The molecule has 0 bridgehead atoms. The Hall–Kier alpha value is -2.47. The van der Waals surface area contributed by atoms with Crippen molar-refractivity contribution in [1.82, 2.24) is 9.97 Å². The first-order valence-corrected chi connectivity index (χ1v) is 7.26. The maximum absolute atomic E-state index is 12.6. The third-order valence-corrected chi connectivity index (χ3v) is 3.76. The van der Waals surface area contributed by atoms with Crippen LogP contribution in [0.1, 0.15) is 26.5 Å². The van der Waals surface area contributed by atoms with Gasteiger partial charge in [0.05, 0.1) is 7.11 Å². The molecule has 2 aromatic heterocycles. The summed E-state index contributed by atoms with van der Waals surface area (Å²) in [5.74, 6) is -0.827. The minimum Gasteiger partial charge on any atom is -0.464 e. The lowest BCUT2D eigenvalue weighted by Gasteiger charge is -2.02. The molecule has 0 atom stereocenters. The zero-order valence-corrected chi connectivity index (χ0v) is 13.2. The second-order valence-electron chi connectivity index (χ2n) is 4.62. The number of pyridine rings is 1. The molecule has 110 valence electrons. The topological polar surface area (TPSA) is 72.1 Å². The number of aromatic nitrogens is 2. The van der Waals surface area contributed by atoms with Crippen LogP contribution in [0.2, 0.25) is 0 Å². The monoisotopic (exact) mass is 358 g/mol. The van der Waals surface area contributed by atoms with Gasteiger partial charge in [-0.25, -0.2) is 9.78 Å². The summed E-state index contributed by atoms with van der Waals surface area (Å²) >= 11 is 3.39. The Morgan fingerprint density at radius 2 is 1.95 bits per heavy atom. The van der Waals surface area contributed by atoms with Crippen molar-refractivity contribution in [3.05, 3.63) is 64.0 Å². The molecule has 0 radical (unpaired) electrons. The zero-order chi connectivity index (χ0) is 15.7. The molecule has 1 N–H and O–H groups in total. The molecule has 0 aliphatic rings. The molecule has 0 amide bonds. The highest BCUT2D eigenvalue weighted by Gasteiger charge is 2.17. The van der Waals surface area contributed by atoms with E-state index in [1.165, 1.54) is 13.2 Å². The van der Waals surface area contributed by atoms with Crippen LogP contribution in [0.4, 0.5) is 0 Å². The van der Waals surface area contributed by atoms with E-state index in [-0.39, 0.29) is 17.2 Å².